The van der Waals surface area contributed by atoms with E-state index in [9.17, 15) is 0 Å². The molecule has 0 unspecified atom stereocenters. The third-order valence-corrected chi connectivity index (χ3v) is 5.57. The lowest BCUT2D eigenvalue weighted by molar-refractivity contribution is 1.13. The predicted molar refractivity (Wildman–Crippen MR) is 139 cm³/mol. The van der Waals surface area contributed by atoms with Crippen molar-refractivity contribution in [3.05, 3.63) is 126 Å². The standard InChI is InChI=1S/C29H23BrN2/c1-3-4-6-9-21(2)29-31-27(20-28(32-29)25-16-18-26(30)19-17-25)24-14-12-23(13-15-24)22-10-7-5-8-11-22/h3-20H,2H2,1H3/b4-3-,9-6-. The lowest BCUT2D eigenvalue weighted by Crippen LogP contribution is -1.98. The predicted octanol–water partition coefficient (Wildman–Crippen LogP) is 8.39. The number of hydrogen-bond acceptors (Lipinski definition) is 2. The molecule has 1 aromatic heterocycles. The maximum atomic E-state index is 4.83. The Bertz CT molecular complexity index is 1270. The van der Waals surface area contributed by atoms with Gasteiger partial charge in [-0.3, -0.25) is 0 Å². The highest BCUT2D eigenvalue weighted by molar-refractivity contribution is 9.10. The van der Waals surface area contributed by atoms with Gasteiger partial charge < -0.3 is 0 Å². The van der Waals surface area contributed by atoms with Crippen LogP contribution in [0.25, 0.3) is 39.2 Å². The molecule has 0 aliphatic heterocycles. The van der Waals surface area contributed by atoms with Gasteiger partial charge in [-0.25, -0.2) is 9.97 Å². The third kappa shape index (κ3) is 5.19. The highest BCUT2D eigenvalue weighted by Gasteiger charge is 2.10. The highest BCUT2D eigenvalue weighted by atomic mass is 79.9. The van der Waals surface area contributed by atoms with Crippen molar-refractivity contribution in [1.82, 2.24) is 9.97 Å². The van der Waals surface area contributed by atoms with Crippen molar-refractivity contribution in [1.29, 1.82) is 0 Å². The zero-order valence-corrected chi connectivity index (χ0v) is 19.5. The van der Waals surface area contributed by atoms with Gasteiger partial charge in [0.15, 0.2) is 5.82 Å². The van der Waals surface area contributed by atoms with Gasteiger partial charge in [-0.2, -0.15) is 0 Å². The maximum Gasteiger partial charge on any atom is 0.159 e. The average molecular weight is 479 g/mol. The summed E-state index contributed by atoms with van der Waals surface area (Å²) in [6, 6.07) is 29.0. The summed E-state index contributed by atoms with van der Waals surface area (Å²) in [7, 11) is 0. The molecule has 0 radical (unpaired) electrons. The van der Waals surface area contributed by atoms with Gasteiger partial charge in [0.1, 0.15) is 0 Å². The molecule has 4 rings (SSSR count). The zero-order valence-electron chi connectivity index (χ0n) is 17.9. The molecule has 3 aromatic carbocycles. The molecule has 0 saturated heterocycles. The first-order valence-electron chi connectivity index (χ1n) is 10.4. The quantitative estimate of drug-likeness (QED) is 0.260. The van der Waals surface area contributed by atoms with Crippen LogP contribution in [0.15, 0.2) is 120 Å². The molecule has 3 heteroatoms. The summed E-state index contributed by atoms with van der Waals surface area (Å²) in [5.41, 5.74) is 6.94. The van der Waals surface area contributed by atoms with Crippen molar-refractivity contribution in [3.63, 3.8) is 0 Å². The Morgan fingerprint density at radius 3 is 1.84 bits per heavy atom. The fourth-order valence-electron chi connectivity index (χ4n) is 3.33. The number of halogens is 1. The van der Waals surface area contributed by atoms with Crippen LogP contribution in [0.5, 0.6) is 0 Å². The van der Waals surface area contributed by atoms with E-state index in [0.29, 0.717) is 5.82 Å². The van der Waals surface area contributed by atoms with Gasteiger partial charge in [-0.05, 0) is 36.2 Å². The molecule has 0 bridgehead atoms. The van der Waals surface area contributed by atoms with Gasteiger partial charge in [0.25, 0.3) is 0 Å². The molecule has 0 aliphatic rings. The zero-order chi connectivity index (χ0) is 22.3. The van der Waals surface area contributed by atoms with E-state index in [1.54, 1.807) is 0 Å². The van der Waals surface area contributed by atoms with E-state index >= 15 is 0 Å². The molecule has 0 fully saturated rings. The van der Waals surface area contributed by atoms with E-state index in [4.69, 9.17) is 9.97 Å². The largest absolute Gasteiger partial charge is 0.228 e. The third-order valence-electron chi connectivity index (χ3n) is 5.04. The van der Waals surface area contributed by atoms with Crippen molar-refractivity contribution < 1.29 is 0 Å². The topological polar surface area (TPSA) is 25.8 Å². The maximum absolute atomic E-state index is 4.83. The Labute approximate surface area is 197 Å². The Kier molecular flexibility index (Phi) is 6.88. The van der Waals surface area contributed by atoms with Crippen molar-refractivity contribution in [2.75, 3.05) is 0 Å². The smallest absolute Gasteiger partial charge is 0.159 e. The van der Waals surface area contributed by atoms with Crippen LogP contribution in [-0.2, 0) is 0 Å². The van der Waals surface area contributed by atoms with Crippen molar-refractivity contribution in [2.24, 2.45) is 0 Å². The number of hydrogen-bond donors (Lipinski definition) is 0. The van der Waals surface area contributed by atoms with Gasteiger partial charge in [0, 0.05) is 21.2 Å². The van der Waals surface area contributed by atoms with Crippen LogP contribution in [0, 0.1) is 0 Å². The fraction of sp³-hybridized carbons (Fsp3) is 0.0345. The SMILES string of the molecule is C=C(/C=C\C=C/C)c1nc(-c2ccc(Br)cc2)cc(-c2ccc(-c3ccccc3)cc2)n1. The molecule has 1 heterocycles. The summed E-state index contributed by atoms with van der Waals surface area (Å²) in [6.07, 6.45) is 7.82. The molecule has 0 saturated carbocycles. The molecule has 4 aromatic rings. The van der Waals surface area contributed by atoms with Gasteiger partial charge >= 0.3 is 0 Å². The van der Waals surface area contributed by atoms with E-state index in [0.717, 1.165) is 32.6 Å². The summed E-state index contributed by atoms with van der Waals surface area (Å²) in [5.74, 6) is 0.619. The number of nitrogens with zero attached hydrogens (tertiary/aromatic N) is 2. The van der Waals surface area contributed by atoms with Crippen molar-refractivity contribution >= 4 is 21.5 Å². The minimum Gasteiger partial charge on any atom is -0.228 e. The lowest BCUT2D eigenvalue weighted by Gasteiger charge is -2.10. The van der Waals surface area contributed by atoms with E-state index in [1.807, 2.05) is 55.5 Å². The molecule has 0 amide bonds. The van der Waals surface area contributed by atoms with Crippen LogP contribution in [0.3, 0.4) is 0 Å². The second-order valence-corrected chi connectivity index (χ2v) is 8.24. The first-order valence-corrected chi connectivity index (χ1v) is 11.2. The van der Waals surface area contributed by atoms with Crippen LogP contribution < -0.4 is 0 Å². The Hall–Kier alpha value is -3.56. The molecular formula is C29H23BrN2. The monoisotopic (exact) mass is 478 g/mol. The van der Waals surface area contributed by atoms with E-state index in [-0.39, 0.29) is 0 Å². The molecule has 0 aliphatic carbocycles. The van der Waals surface area contributed by atoms with E-state index in [2.05, 4.69) is 83.2 Å². The number of rotatable bonds is 6. The van der Waals surface area contributed by atoms with Crippen LogP contribution >= 0.6 is 15.9 Å². The van der Waals surface area contributed by atoms with Gasteiger partial charge in [-0.1, -0.05) is 114 Å². The molecule has 156 valence electrons. The minimum atomic E-state index is 0.619. The molecule has 2 nitrogen and oxygen atoms in total. The van der Waals surface area contributed by atoms with Crippen molar-refractivity contribution in [3.8, 4) is 33.6 Å². The van der Waals surface area contributed by atoms with Crippen molar-refractivity contribution in [2.45, 2.75) is 6.92 Å². The molecular weight excluding hydrogens is 456 g/mol. The second kappa shape index (κ2) is 10.2. The van der Waals surface area contributed by atoms with Crippen LogP contribution in [-0.4, -0.2) is 9.97 Å². The normalized spacial score (nSPS) is 11.3. The second-order valence-electron chi connectivity index (χ2n) is 7.32. The fourth-order valence-corrected chi connectivity index (χ4v) is 3.59. The first kappa shape index (κ1) is 21.7. The summed E-state index contributed by atoms with van der Waals surface area (Å²) in [4.78, 5) is 9.63. The lowest BCUT2D eigenvalue weighted by atomic mass is 10.0. The number of benzene rings is 3. The van der Waals surface area contributed by atoms with Gasteiger partial charge in [0.2, 0.25) is 0 Å². The van der Waals surface area contributed by atoms with Crippen LogP contribution in [0.1, 0.15) is 12.7 Å². The van der Waals surface area contributed by atoms with Gasteiger partial charge in [-0.15, -0.1) is 0 Å². The first-order chi connectivity index (χ1) is 15.6. The Morgan fingerprint density at radius 1 is 0.719 bits per heavy atom. The minimum absolute atomic E-state index is 0.619. The Morgan fingerprint density at radius 2 is 1.25 bits per heavy atom. The molecule has 0 spiro atoms. The van der Waals surface area contributed by atoms with Crippen LogP contribution in [0.4, 0.5) is 0 Å². The summed E-state index contributed by atoms with van der Waals surface area (Å²) in [6.45, 7) is 6.16. The molecule has 0 atom stereocenters. The number of aromatic nitrogens is 2. The average Bonchev–Trinajstić information content (AvgIpc) is 2.85. The molecule has 0 N–H and O–H groups in total. The molecule has 32 heavy (non-hydrogen) atoms. The van der Waals surface area contributed by atoms with Gasteiger partial charge in [0.05, 0.1) is 11.4 Å². The summed E-state index contributed by atoms with van der Waals surface area (Å²) in [5, 5.41) is 0. The summed E-state index contributed by atoms with van der Waals surface area (Å²) < 4.78 is 1.03. The highest BCUT2D eigenvalue weighted by Crippen LogP contribution is 2.28. The van der Waals surface area contributed by atoms with Crippen LogP contribution in [0.2, 0.25) is 0 Å². The summed E-state index contributed by atoms with van der Waals surface area (Å²) >= 11 is 3.51. The number of allylic oxidation sites excluding steroid dienone is 5. The Balaban J connectivity index is 1.76. The van der Waals surface area contributed by atoms with E-state index < -0.39 is 0 Å². The van der Waals surface area contributed by atoms with E-state index in [1.165, 1.54) is 11.1 Å².